The molecule has 2 rings (SSSR count). The van der Waals surface area contributed by atoms with Gasteiger partial charge in [0.1, 0.15) is 0 Å². The first-order valence-corrected chi connectivity index (χ1v) is 5.99. The maximum absolute atomic E-state index is 5.72. The minimum atomic E-state index is 0.572. The SMILES string of the molecule is Cc1nn(CCc2ccccc2)c(C)c1CN. The first kappa shape index (κ1) is 11.9. The molecule has 0 aliphatic carbocycles. The first-order chi connectivity index (χ1) is 8.22. The van der Waals surface area contributed by atoms with Gasteiger partial charge in [0, 0.05) is 24.3 Å². The van der Waals surface area contributed by atoms with Crippen molar-refractivity contribution in [2.24, 2.45) is 5.73 Å². The van der Waals surface area contributed by atoms with E-state index in [1.807, 2.05) is 13.0 Å². The van der Waals surface area contributed by atoms with Gasteiger partial charge in [-0.3, -0.25) is 4.68 Å². The summed E-state index contributed by atoms with van der Waals surface area (Å²) in [5.41, 5.74) is 10.5. The third-order valence-corrected chi connectivity index (χ3v) is 3.19. The monoisotopic (exact) mass is 229 g/mol. The number of benzene rings is 1. The van der Waals surface area contributed by atoms with E-state index in [9.17, 15) is 0 Å². The van der Waals surface area contributed by atoms with Gasteiger partial charge in [0.2, 0.25) is 0 Å². The van der Waals surface area contributed by atoms with Crippen molar-refractivity contribution in [1.82, 2.24) is 9.78 Å². The van der Waals surface area contributed by atoms with Crippen LogP contribution in [-0.2, 0) is 19.5 Å². The van der Waals surface area contributed by atoms with E-state index in [1.165, 1.54) is 16.8 Å². The zero-order valence-corrected chi connectivity index (χ0v) is 10.5. The molecule has 0 radical (unpaired) electrons. The highest BCUT2D eigenvalue weighted by molar-refractivity contribution is 5.24. The maximum atomic E-state index is 5.72. The van der Waals surface area contributed by atoms with Crippen LogP contribution in [0.4, 0.5) is 0 Å². The molecule has 0 bridgehead atoms. The van der Waals surface area contributed by atoms with Crippen LogP contribution in [0.5, 0.6) is 0 Å². The lowest BCUT2D eigenvalue weighted by molar-refractivity contribution is 0.593. The average Bonchev–Trinajstić information content (AvgIpc) is 2.63. The molecule has 3 nitrogen and oxygen atoms in total. The van der Waals surface area contributed by atoms with E-state index in [-0.39, 0.29) is 0 Å². The summed E-state index contributed by atoms with van der Waals surface area (Å²) in [4.78, 5) is 0. The average molecular weight is 229 g/mol. The summed E-state index contributed by atoms with van der Waals surface area (Å²) in [6, 6.07) is 10.5. The summed E-state index contributed by atoms with van der Waals surface area (Å²) < 4.78 is 2.06. The highest BCUT2D eigenvalue weighted by Crippen LogP contribution is 2.12. The number of nitrogens with zero attached hydrogens (tertiary/aromatic N) is 2. The van der Waals surface area contributed by atoms with Gasteiger partial charge >= 0.3 is 0 Å². The second-order valence-electron chi connectivity index (χ2n) is 4.31. The van der Waals surface area contributed by atoms with Crippen molar-refractivity contribution >= 4 is 0 Å². The van der Waals surface area contributed by atoms with Crippen LogP contribution < -0.4 is 5.73 Å². The van der Waals surface area contributed by atoms with E-state index in [4.69, 9.17) is 5.73 Å². The fourth-order valence-corrected chi connectivity index (χ4v) is 2.13. The van der Waals surface area contributed by atoms with Crippen LogP contribution in [0.3, 0.4) is 0 Å². The van der Waals surface area contributed by atoms with Crippen LogP contribution in [0, 0.1) is 13.8 Å². The minimum absolute atomic E-state index is 0.572. The number of hydrogen-bond acceptors (Lipinski definition) is 2. The lowest BCUT2D eigenvalue weighted by Gasteiger charge is -2.05. The van der Waals surface area contributed by atoms with Crippen molar-refractivity contribution in [1.29, 1.82) is 0 Å². The molecule has 1 heterocycles. The molecular formula is C14H19N3. The molecule has 0 amide bonds. The number of aryl methyl sites for hydroxylation is 3. The standard InChI is InChI=1S/C14H19N3/c1-11-14(10-15)12(2)17(16-11)9-8-13-6-4-3-5-7-13/h3-7H,8-10,15H2,1-2H3. The summed E-state index contributed by atoms with van der Waals surface area (Å²) in [6.45, 7) is 5.60. The van der Waals surface area contributed by atoms with Crippen molar-refractivity contribution in [2.45, 2.75) is 33.4 Å². The number of rotatable bonds is 4. The van der Waals surface area contributed by atoms with Crippen molar-refractivity contribution in [3.8, 4) is 0 Å². The van der Waals surface area contributed by atoms with E-state index < -0.39 is 0 Å². The van der Waals surface area contributed by atoms with Gasteiger partial charge in [0.15, 0.2) is 0 Å². The summed E-state index contributed by atoms with van der Waals surface area (Å²) in [7, 11) is 0. The molecule has 0 atom stereocenters. The molecule has 17 heavy (non-hydrogen) atoms. The molecule has 1 aromatic heterocycles. The quantitative estimate of drug-likeness (QED) is 0.873. The number of hydrogen-bond donors (Lipinski definition) is 1. The number of aromatic nitrogens is 2. The fraction of sp³-hybridized carbons (Fsp3) is 0.357. The Hall–Kier alpha value is -1.61. The molecular weight excluding hydrogens is 210 g/mol. The third kappa shape index (κ3) is 2.56. The van der Waals surface area contributed by atoms with Crippen molar-refractivity contribution < 1.29 is 0 Å². The van der Waals surface area contributed by atoms with E-state index in [0.717, 1.165) is 18.7 Å². The van der Waals surface area contributed by atoms with Gasteiger partial charge in [-0.25, -0.2) is 0 Å². The Kier molecular flexibility index (Phi) is 3.59. The van der Waals surface area contributed by atoms with Crippen molar-refractivity contribution in [3.63, 3.8) is 0 Å². The Balaban J connectivity index is 2.10. The first-order valence-electron chi connectivity index (χ1n) is 5.99. The zero-order valence-electron chi connectivity index (χ0n) is 10.5. The van der Waals surface area contributed by atoms with E-state index in [1.54, 1.807) is 0 Å². The molecule has 90 valence electrons. The van der Waals surface area contributed by atoms with E-state index >= 15 is 0 Å². The van der Waals surface area contributed by atoms with Gasteiger partial charge in [-0.1, -0.05) is 30.3 Å². The van der Waals surface area contributed by atoms with Crippen LogP contribution in [0.15, 0.2) is 30.3 Å². The van der Waals surface area contributed by atoms with Crippen LogP contribution in [-0.4, -0.2) is 9.78 Å². The van der Waals surface area contributed by atoms with Crippen molar-refractivity contribution in [3.05, 3.63) is 52.8 Å². The lowest BCUT2D eigenvalue weighted by Crippen LogP contribution is -2.06. The van der Waals surface area contributed by atoms with E-state index in [0.29, 0.717) is 6.54 Å². The van der Waals surface area contributed by atoms with E-state index in [2.05, 4.69) is 41.0 Å². The summed E-state index contributed by atoms with van der Waals surface area (Å²) in [5, 5.41) is 4.53. The van der Waals surface area contributed by atoms with Crippen molar-refractivity contribution in [2.75, 3.05) is 0 Å². The molecule has 1 aromatic carbocycles. The van der Waals surface area contributed by atoms with Crippen LogP contribution >= 0.6 is 0 Å². The minimum Gasteiger partial charge on any atom is -0.326 e. The van der Waals surface area contributed by atoms with Gasteiger partial charge in [-0.05, 0) is 25.8 Å². The normalized spacial score (nSPS) is 10.8. The highest BCUT2D eigenvalue weighted by atomic mass is 15.3. The largest absolute Gasteiger partial charge is 0.326 e. The highest BCUT2D eigenvalue weighted by Gasteiger charge is 2.09. The smallest absolute Gasteiger partial charge is 0.0641 e. The Labute approximate surface area is 102 Å². The summed E-state index contributed by atoms with van der Waals surface area (Å²) in [5.74, 6) is 0. The topological polar surface area (TPSA) is 43.8 Å². The molecule has 0 fully saturated rings. The number of nitrogens with two attached hydrogens (primary N) is 1. The van der Waals surface area contributed by atoms with Gasteiger partial charge in [0.25, 0.3) is 0 Å². The molecule has 2 N–H and O–H groups in total. The predicted octanol–water partition coefficient (Wildman–Crippen LogP) is 2.20. The Morgan fingerprint density at radius 1 is 1.18 bits per heavy atom. The second kappa shape index (κ2) is 5.15. The predicted molar refractivity (Wildman–Crippen MR) is 69.7 cm³/mol. The Morgan fingerprint density at radius 3 is 2.47 bits per heavy atom. The molecule has 0 saturated carbocycles. The van der Waals surface area contributed by atoms with Crippen LogP contribution in [0.1, 0.15) is 22.5 Å². The molecule has 0 unspecified atom stereocenters. The lowest BCUT2D eigenvalue weighted by atomic mass is 10.1. The molecule has 0 aliphatic rings. The van der Waals surface area contributed by atoms with Crippen LogP contribution in [0.25, 0.3) is 0 Å². The van der Waals surface area contributed by atoms with Gasteiger partial charge in [0.05, 0.1) is 5.69 Å². The third-order valence-electron chi connectivity index (χ3n) is 3.19. The molecule has 2 aromatic rings. The zero-order chi connectivity index (χ0) is 12.3. The maximum Gasteiger partial charge on any atom is 0.0641 e. The fourth-order valence-electron chi connectivity index (χ4n) is 2.13. The summed E-state index contributed by atoms with van der Waals surface area (Å²) in [6.07, 6.45) is 1.01. The second-order valence-corrected chi connectivity index (χ2v) is 4.31. The molecule has 3 heteroatoms. The molecule has 0 spiro atoms. The Morgan fingerprint density at radius 2 is 1.88 bits per heavy atom. The summed E-state index contributed by atoms with van der Waals surface area (Å²) >= 11 is 0. The van der Waals surface area contributed by atoms with Gasteiger partial charge in [-0.2, -0.15) is 5.10 Å². The van der Waals surface area contributed by atoms with Crippen LogP contribution in [0.2, 0.25) is 0 Å². The molecule has 0 saturated heterocycles. The Bertz CT molecular complexity index is 486. The van der Waals surface area contributed by atoms with Gasteiger partial charge in [-0.15, -0.1) is 0 Å². The van der Waals surface area contributed by atoms with Gasteiger partial charge < -0.3 is 5.73 Å². The molecule has 0 aliphatic heterocycles.